The van der Waals surface area contributed by atoms with E-state index in [4.69, 9.17) is 9.47 Å². The van der Waals surface area contributed by atoms with Gasteiger partial charge in [0.25, 0.3) is 0 Å². The van der Waals surface area contributed by atoms with Gasteiger partial charge in [-0.05, 0) is 23.8 Å². The van der Waals surface area contributed by atoms with Crippen molar-refractivity contribution in [2.24, 2.45) is 5.41 Å². The Kier molecular flexibility index (Phi) is 4.17. The first-order chi connectivity index (χ1) is 8.32. The highest BCUT2D eigenvalue weighted by atomic mass is 16.5. The van der Waals surface area contributed by atoms with Gasteiger partial charge in [0.05, 0.1) is 18.3 Å². The molecule has 0 amide bonds. The molecule has 1 rings (SSSR count). The second-order valence-corrected chi connectivity index (χ2v) is 5.38. The molecule has 0 N–H and O–H groups in total. The van der Waals surface area contributed by atoms with E-state index in [0.717, 1.165) is 12.0 Å². The average molecular weight is 250 g/mol. The first-order valence-electron chi connectivity index (χ1n) is 5.99. The third-order valence-electron chi connectivity index (χ3n) is 3.39. The van der Waals surface area contributed by atoms with E-state index in [-0.39, 0.29) is 5.41 Å². The summed E-state index contributed by atoms with van der Waals surface area (Å²) in [5.41, 5.74) is 0.635. The summed E-state index contributed by atoms with van der Waals surface area (Å²) >= 11 is 0. The Morgan fingerprint density at radius 1 is 1.50 bits per heavy atom. The molecule has 0 spiro atoms. The van der Waals surface area contributed by atoms with Crippen LogP contribution in [0.3, 0.4) is 0 Å². The molecule has 100 valence electrons. The first-order valence-corrected chi connectivity index (χ1v) is 5.99. The van der Waals surface area contributed by atoms with Crippen molar-refractivity contribution in [3.8, 4) is 0 Å². The van der Waals surface area contributed by atoms with E-state index >= 15 is 0 Å². The summed E-state index contributed by atoms with van der Waals surface area (Å²) in [6, 6.07) is 0. The van der Waals surface area contributed by atoms with Crippen molar-refractivity contribution in [2.75, 3.05) is 14.2 Å². The molecule has 1 aliphatic carbocycles. The molecule has 0 radical (unpaired) electrons. The molecule has 1 atom stereocenters. The molecule has 0 aromatic heterocycles. The van der Waals surface area contributed by atoms with E-state index in [2.05, 4.69) is 33.1 Å². The van der Waals surface area contributed by atoms with Crippen molar-refractivity contribution in [1.29, 1.82) is 0 Å². The average Bonchev–Trinajstić information content (AvgIpc) is 2.60. The van der Waals surface area contributed by atoms with Gasteiger partial charge in [0.2, 0.25) is 0 Å². The Morgan fingerprint density at radius 2 is 2.11 bits per heavy atom. The minimum absolute atomic E-state index is 0.0364. The van der Waals surface area contributed by atoms with Gasteiger partial charge in [-0.15, -0.1) is 6.58 Å². The number of rotatable bonds is 5. The van der Waals surface area contributed by atoms with Crippen LogP contribution < -0.4 is 0 Å². The van der Waals surface area contributed by atoms with Gasteiger partial charge in [0, 0.05) is 7.11 Å². The monoisotopic (exact) mass is 250 g/mol. The van der Waals surface area contributed by atoms with Crippen molar-refractivity contribution >= 4 is 5.97 Å². The highest BCUT2D eigenvalue weighted by molar-refractivity contribution is 5.93. The summed E-state index contributed by atoms with van der Waals surface area (Å²) in [6.45, 7) is 11.8. The largest absolute Gasteiger partial charge is 0.465 e. The van der Waals surface area contributed by atoms with Gasteiger partial charge in [-0.1, -0.05) is 32.6 Å². The number of carbonyl (C=O) groups excluding carboxylic acids is 1. The second kappa shape index (κ2) is 5.11. The molecule has 18 heavy (non-hydrogen) atoms. The molecule has 0 aromatic rings. The number of esters is 1. The van der Waals surface area contributed by atoms with Gasteiger partial charge in [-0.2, -0.15) is 0 Å². The van der Waals surface area contributed by atoms with Crippen LogP contribution in [0.4, 0.5) is 0 Å². The van der Waals surface area contributed by atoms with Crippen LogP contribution in [0.1, 0.15) is 26.7 Å². The zero-order valence-corrected chi connectivity index (χ0v) is 11.7. The first kappa shape index (κ1) is 14.7. The number of carbonyl (C=O) groups is 1. The Hall–Kier alpha value is -1.35. The maximum atomic E-state index is 11.7. The van der Waals surface area contributed by atoms with Crippen molar-refractivity contribution in [1.82, 2.24) is 0 Å². The summed E-state index contributed by atoms with van der Waals surface area (Å²) in [4.78, 5) is 11.7. The van der Waals surface area contributed by atoms with Crippen LogP contribution in [0.25, 0.3) is 0 Å². The zero-order chi connectivity index (χ0) is 14.0. The molecule has 0 aromatic carbocycles. The quantitative estimate of drug-likeness (QED) is 0.427. The van der Waals surface area contributed by atoms with Gasteiger partial charge in [0.1, 0.15) is 0 Å². The van der Waals surface area contributed by atoms with Crippen LogP contribution in [0.2, 0.25) is 0 Å². The summed E-state index contributed by atoms with van der Waals surface area (Å²) in [5.74, 6) is -0.413. The summed E-state index contributed by atoms with van der Waals surface area (Å²) in [6.07, 6.45) is 5.31. The fourth-order valence-corrected chi connectivity index (χ4v) is 2.68. The smallest absolute Gasteiger partial charge is 0.337 e. The molecule has 0 aliphatic heterocycles. The summed E-state index contributed by atoms with van der Waals surface area (Å²) in [5, 5.41) is 0. The lowest BCUT2D eigenvalue weighted by Gasteiger charge is -2.32. The molecule has 1 unspecified atom stereocenters. The molecular weight excluding hydrogens is 228 g/mol. The number of hydrogen-bond donors (Lipinski definition) is 0. The van der Waals surface area contributed by atoms with Crippen LogP contribution in [0.5, 0.6) is 0 Å². The van der Waals surface area contributed by atoms with E-state index in [9.17, 15) is 4.79 Å². The Bertz CT molecular complexity index is 404. The molecular formula is C15H22O3. The number of allylic oxidation sites excluding steroid dienone is 1. The van der Waals surface area contributed by atoms with Gasteiger partial charge in [0.15, 0.2) is 0 Å². The van der Waals surface area contributed by atoms with Crippen LogP contribution in [0.15, 0.2) is 36.5 Å². The van der Waals surface area contributed by atoms with Crippen molar-refractivity contribution in [3.63, 3.8) is 0 Å². The number of hydrogen-bond acceptors (Lipinski definition) is 3. The molecule has 0 saturated carbocycles. The molecule has 3 nitrogen and oxygen atoms in total. The van der Waals surface area contributed by atoms with Crippen molar-refractivity contribution in [3.05, 3.63) is 36.5 Å². The topological polar surface area (TPSA) is 35.5 Å². The molecule has 0 bridgehead atoms. The van der Waals surface area contributed by atoms with Crippen LogP contribution in [0, 0.1) is 5.41 Å². The number of ether oxygens (including phenoxy) is 2. The fraction of sp³-hybridized carbons (Fsp3) is 0.533. The van der Waals surface area contributed by atoms with Crippen LogP contribution in [-0.4, -0.2) is 25.8 Å². The lowest BCUT2D eigenvalue weighted by atomic mass is 9.83. The standard InChI is InChI=1S/C15H22O3/c1-7-8-15(18-6)10-14(3,4)9-12(15)11(2)13(16)17-5/h7,9H,1-2,8,10H2,3-6H3. The van der Waals surface area contributed by atoms with Crippen LogP contribution >= 0.6 is 0 Å². The van der Waals surface area contributed by atoms with E-state index in [1.54, 1.807) is 7.11 Å². The lowest BCUT2D eigenvalue weighted by Crippen LogP contribution is -2.34. The lowest BCUT2D eigenvalue weighted by molar-refractivity contribution is -0.136. The van der Waals surface area contributed by atoms with Crippen molar-refractivity contribution < 1.29 is 14.3 Å². The van der Waals surface area contributed by atoms with Crippen LogP contribution in [-0.2, 0) is 14.3 Å². The Balaban J connectivity index is 3.21. The van der Waals surface area contributed by atoms with Gasteiger partial charge in [-0.3, -0.25) is 0 Å². The summed E-state index contributed by atoms with van der Waals surface area (Å²) in [7, 11) is 3.01. The van der Waals surface area contributed by atoms with E-state index in [1.807, 2.05) is 6.08 Å². The predicted octanol–water partition coefficient (Wildman–Crippen LogP) is 3.03. The summed E-state index contributed by atoms with van der Waals surface area (Å²) < 4.78 is 10.4. The highest BCUT2D eigenvalue weighted by Gasteiger charge is 2.46. The second-order valence-electron chi connectivity index (χ2n) is 5.38. The predicted molar refractivity (Wildman–Crippen MR) is 72.2 cm³/mol. The van der Waals surface area contributed by atoms with Gasteiger partial charge >= 0.3 is 5.97 Å². The molecule has 0 saturated heterocycles. The fourth-order valence-electron chi connectivity index (χ4n) is 2.68. The molecule has 0 heterocycles. The normalized spacial score (nSPS) is 25.4. The Morgan fingerprint density at radius 3 is 2.56 bits per heavy atom. The van der Waals surface area contributed by atoms with Gasteiger partial charge < -0.3 is 9.47 Å². The van der Waals surface area contributed by atoms with E-state index < -0.39 is 11.6 Å². The third kappa shape index (κ3) is 2.56. The maximum absolute atomic E-state index is 11.7. The van der Waals surface area contributed by atoms with Gasteiger partial charge in [-0.25, -0.2) is 4.79 Å². The number of methoxy groups -OCH3 is 2. The molecule has 3 heteroatoms. The maximum Gasteiger partial charge on any atom is 0.337 e. The SMILES string of the molecule is C=CCC1(OC)CC(C)(C)C=C1C(=C)C(=O)OC. The highest BCUT2D eigenvalue weighted by Crippen LogP contribution is 2.48. The minimum atomic E-state index is -0.517. The zero-order valence-electron chi connectivity index (χ0n) is 11.7. The van der Waals surface area contributed by atoms with Crippen molar-refractivity contribution in [2.45, 2.75) is 32.3 Å². The Labute approximate surface area is 109 Å². The third-order valence-corrected chi connectivity index (χ3v) is 3.39. The molecule has 0 fully saturated rings. The minimum Gasteiger partial charge on any atom is -0.465 e. The van der Waals surface area contributed by atoms with E-state index in [1.165, 1.54) is 7.11 Å². The molecule has 1 aliphatic rings. The van der Waals surface area contributed by atoms with E-state index in [0.29, 0.717) is 12.0 Å².